The highest BCUT2D eigenvalue weighted by Crippen LogP contribution is 2.27. The zero-order valence-corrected chi connectivity index (χ0v) is 16.9. The van der Waals surface area contributed by atoms with Crippen LogP contribution in [0, 0.1) is 6.92 Å². The highest BCUT2D eigenvalue weighted by molar-refractivity contribution is 7.92. The monoisotopic (exact) mass is 435 g/mol. The Hall–Kier alpha value is -2.61. The Labute approximate surface area is 172 Å². The number of aromatic nitrogens is 1. The van der Waals surface area contributed by atoms with E-state index in [0.29, 0.717) is 16.3 Å². The van der Waals surface area contributed by atoms with Crippen LogP contribution in [-0.2, 0) is 10.0 Å². The van der Waals surface area contributed by atoms with Crippen LogP contribution in [0.1, 0.15) is 16.1 Å². The molecule has 2 aromatic carbocycles. The average Bonchev–Trinajstić information content (AvgIpc) is 2.65. The first-order chi connectivity index (χ1) is 13.2. The maximum absolute atomic E-state index is 12.7. The summed E-state index contributed by atoms with van der Waals surface area (Å²) in [5, 5.41) is 3.15. The first-order valence-electron chi connectivity index (χ1n) is 8.06. The number of aryl methyl sites for hydroxylation is 1. The zero-order valence-electron chi connectivity index (χ0n) is 14.6. The van der Waals surface area contributed by atoms with Gasteiger partial charge in [-0.3, -0.25) is 14.5 Å². The van der Waals surface area contributed by atoms with Crippen LogP contribution in [0.25, 0.3) is 0 Å². The topological polar surface area (TPSA) is 88.2 Å². The van der Waals surface area contributed by atoms with Gasteiger partial charge in [-0.15, -0.1) is 0 Å². The van der Waals surface area contributed by atoms with E-state index in [1.807, 2.05) is 6.92 Å². The predicted octanol–water partition coefficient (Wildman–Crippen LogP) is 4.75. The molecule has 0 aliphatic rings. The number of carbonyl (C=O) groups is 1. The van der Waals surface area contributed by atoms with Crippen LogP contribution < -0.4 is 10.0 Å². The molecule has 1 aromatic heterocycles. The number of hydrogen-bond acceptors (Lipinski definition) is 4. The molecule has 0 saturated carbocycles. The lowest BCUT2D eigenvalue weighted by atomic mass is 10.2. The number of carbonyl (C=O) groups excluding carboxylic acids is 1. The molecule has 144 valence electrons. The standard InChI is InChI=1S/C19H15Cl2N3O3S/c1-12-2-3-13(11-22-12)19(25)23-16-8-9-17(21)18(10-16)28(26,27)24-15-6-4-14(20)5-7-15/h2-11,24H,1H3,(H,23,25). The number of amides is 1. The summed E-state index contributed by atoms with van der Waals surface area (Å²) in [6, 6.07) is 13.7. The van der Waals surface area contributed by atoms with Crippen molar-refractivity contribution in [3.63, 3.8) is 0 Å². The van der Waals surface area contributed by atoms with Crippen molar-refractivity contribution in [1.82, 2.24) is 4.98 Å². The third-order valence-electron chi connectivity index (χ3n) is 3.75. The molecule has 1 amide bonds. The van der Waals surface area contributed by atoms with Gasteiger partial charge in [0.25, 0.3) is 15.9 Å². The Kier molecular flexibility index (Phi) is 5.88. The molecular weight excluding hydrogens is 421 g/mol. The molecule has 6 nitrogen and oxygen atoms in total. The van der Waals surface area contributed by atoms with Gasteiger partial charge < -0.3 is 5.32 Å². The third kappa shape index (κ3) is 4.81. The Morgan fingerprint density at radius 2 is 1.64 bits per heavy atom. The van der Waals surface area contributed by atoms with E-state index < -0.39 is 15.9 Å². The van der Waals surface area contributed by atoms with Crippen molar-refractivity contribution < 1.29 is 13.2 Å². The fraction of sp³-hybridized carbons (Fsp3) is 0.0526. The first kappa shape index (κ1) is 20.1. The molecule has 0 fully saturated rings. The Balaban J connectivity index is 1.85. The highest BCUT2D eigenvalue weighted by atomic mass is 35.5. The largest absolute Gasteiger partial charge is 0.322 e. The van der Waals surface area contributed by atoms with Crippen LogP contribution in [0.15, 0.2) is 65.7 Å². The molecule has 3 rings (SSSR count). The smallest absolute Gasteiger partial charge is 0.263 e. The molecule has 0 atom stereocenters. The summed E-state index contributed by atoms with van der Waals surface area (Å²) < 4.78 is 27.8. The van der Waals surface area contributed by atoms with Crippen molar-refractivity contribution in [2.45, 2.75) is 11.8 Å². The Morgan fingerprint density at radius 1 is 0.964 bits per heavy atom. The quantitative estimate of drug-likeness (QED) is 0.604. The van der Waals surface area contributed by atoms with Crippen molar-refractivity contribution in [1.29, 1.82) is 0 Å². The van der Waals surface area contributed by atoms with E-state index in [9.17, 15) is 13.2 Å². The van der Waals surface area contributed by atoms with Crippen molar-refractivity contribution in [2.24, 2.45) is 0 Å². The highest BCUT2D eigenvalue weighted by Gasteiger charge is 2.19. The van der Waals surface area contributed by atoms with Crippen LogP contribution in [0.3, 0.4) is 0 Å². The maximum Gasteiger partial charge on any atom is 0.263 e. The lowest BCUT2D eigenvalue weighted by Gasteiger charge is -2.12. The van der Waals surface area contributed by atoms with Crippen LogP contribution in [-0.4, -0.2) is 19.3 Å². The van der Waals surface area contributed by atoms with Gasteiger partial charge in [0.15, 0.2) is 0 Å². The molecule has 0 saturated heterocycles. The minimum atomic E-state index is -3.97. The summed E-state index contributed by atoms with van der Waals surface area (Å²) in [5.41, 5.74) is 1.75. The molecule has 3 aromatic rings. The summed E-state index contributed by atoms with van der Waals surface area (Å²) in [6.45, 7) is 1.81. The molecule has 0 unspecified atom stereocenters. The normalized spacial score (nSPS) is 11.1. The van der Waals surface area contributed by atoms with Crippen LogP contribution >= 0.6 is 23.2 Å². The van der Waals surface area contributed by atoms with E-state index in [4.69, 9.17) is 23.2 Å². The molecule has 0 bridgehead atoms. The summed E-state index contributed by atoms with van der Waals surface area (Å²) >= 11 is 11.9. The predicted molar refractivity (Wildman–Crippen MR) is 111 cm³/mol. The number of nitrogens with zero attached hydrogens (tertiary/aromatic N) is 1. The van der Waals surface area contributed by atoms with Crippen molar-refractivity contribution >= 4 is 50.5 Å². The number of pyridine rings is 1. The van der Waals surface area contributed by atoms with Crippen LogP contribution in [0.5, 0.6) is 0 Å². The number of anilines is 2. The van der Waals surface area contributed by atoms with Gasteiger partial charge in [0, 0.05) is 28.3 Å². The molecule has 0 spiro atoms. The molecule has 28 heavy (non-hydrogen) atoms. The van der Waals surface area contributed by atoms with E-state index in [2.05, 4.69) is 15.0 Å². The second kappa shape index (κ2) is 8.18. The third-order valence-corrected chi connectivity index (χ3v) is 5.86. The van der Waals surface area contributed by atoms with E-state index in [-0.39, 0.29) is 15.6 Å². The molecule has 2 N–H and O–H groups in total. The number of rotatable bonds is 5. The second-order valence-corrected chi connectivity index (χ2v) is 8.39. The van der Waals surface area contributed by atoms with E-state index in [0.717, 1.165) is 5.69 Å². The van der Waals surface area contributed by atoms with Gasteiger partial charge in [0.2, 0.25) is 0 Å². The van der Waals surface area contributed by atoms with Gasteiger partial charge in [-0.2, -0.15) is 0 Å². The second-order valence-electron chi connectivity index (χ2n) is 5.90. The van der Waals surface area contributed by atoms with E-state index >= 15 is 0 Å². The number of hydrogen-bond donors (Lipinski definition) is 2. The number of sulfonamides is 1. The molecule has 0 aliphatic carbocycles. The fourth-order valence-corrected chi connectivity index (χ4v) is 4.03. The number of halogens is 2. The van der Waals surface area contributed by atoms with Gasteiger partial charge in [-0.25, -0.2) is 8.42 Å². The van der Waals surface area contributed by atoms with E-state index in [1.165, 1.54) is 36.5 Å². The number of benzene rings is 2. The number of nitrogens with one attached hydrogen (secondary N) is 2. The van der Waals surface area contributed by atoms with Gasteiger partial charge in [0.05, 0.1) is 10.6 Å². The SMILES string of the molecule is Cc1ccc(C(=O)Nc2ccc(Cl)c(S(=O)(=O)Nc3ccc(Cl)cc3)c2)cn1. The first-order valence-corrected chi connectivity index (χ1v) is 10.3. The Morgan fingerprint density at radius 3 is 2.29 bits per heavy atom. The maximum atomic E-state index is 12.7. The minimum absolute atomic E-state index is 0.0245. The summed E-state index contributed by atoms with van der Waals surface area (Å²) in [5.74, 6) is -0.413. The Bertz CT molecular complexity index is 1120. The summed E-state index contributed by atoms with van der Waals surface area (Å²) in [6.07, 6.45) is 1.44. The minimum Gasteiger partial charge on any atom is -0.322 e. The van der Waals surface area contributed by atoms with E-state index in [1.54, 1.807) is 24.3 Å². The van der Waals surface area contributed by atoms with Crippen molar-refractivity contribution in [2.75, 3.05) is 10.0 Å². The lowest BCUT2D eigenvalue weighted by Crippen LogP contribution is -2.15. The average molecular weight is 436 g/mol. The summed E-state index contributed by atoms with van der Waals surface area (Å²) in [4.78, 5) is 16.2. The van der Waals surface area contributed by atoms with Crippen molar-refractivity contribution in [3.05, 3.63) is 82.1 Å². The van der Waals surface area contributed by atoms with Gasteiger partial charge >= 0.3 is 0 Å². The molecule has 0 radical (unpaired) electrons. The fourth-order valence-electron chi connectivity index (χ4n) is 2.32. The zero-order chi connectivity index (χ0) is 20.3. The molecule has 1 heterocycles. The van der Waals surface area contributed by atoms with Crippen LogP contribution in [0.2, 0.25) is 10.0 Å². The van der Waals surface area contributed by atoms with Gasteiger partial charge in [-0.05, 0) is 61.5 Å². The van der Waals surface area contributed by atoms with Gasteiger partial charge in [-0.1, -0.05) is 23.2 Å². The van der Waals surface area contributed by atoms with Crippen molar-refractivity contribution in [3.8, 4) is 0 Å². The molecule has 0 aliphatic heterocycles. The lowest BCUT2D eigenvalue weighted by molar-refractivity contribution is 0.102. The molecular formula is C19H15Cl2N3O3S. The van der Waals surface area contributed by atoms with Gasteiger partial charge in [0.1, 0.15) is 4.90 Å². The van der Waals surface area contributed by atoms with Crippen LogP contribution in [0.4, 0.5) is 11.4 Å². The molecule has 9 heteroatoms. The summed E-state index contributed by atoms with van der Waals surface area (Å²) in [7, 11) is -3.97.